The molecule has 1 atom stereocenters. The molecule has 0 heterocycles. The first-order valence-electron chi connectivity index (χ1n) is 7.55. The molecule has 0 fully saturated rings. The lowest BCUT2D eigenvalue weighted by molar-refractivity contribution is 0.209. The van der Waals surface area contributed by atoms with Gasteiger partial charge in [-0.3, -0.25) is 0 Å². The summed E-state index contributed by atoms with van der Waals surface area (Å²) in [5.74, 6) is 0. The van der Waals surface area contributed by atoms with Crippen molar-refractivity contribution in [2.24, 2.45) is 5.41 Å². The van der Waals surface area contributed by atoms with Crippen molar-refractivity contribution in [1.29, 1.82) is 0 Å². The zero-order chi connectivity index (χ0) is 15.5. The normalized spacial score (nSPS) is 21.0. The van der Waals surface area contributed by atoms with E-state index in [0.29, 0.717) is 12.6 Å². The minimum absolute atomic E-state index is 0.221. The van der Waals surface area contributed by atoms with Crippen LogP contribution in [-0.4, -0.2) is 27.8 Å². The van der Waals surface area contributed by atoms with Crippen LogP contribution >= 0.6 is 0 Å². The van der Waals surface area contributed by atoms with Crippen LogP contribution in [0.25, 0.3) is 0 Å². The third kappa shape index (κ3) is 4.53. The van der Waals surface area contributed by atoms with E-state index in [1.807, 2.05) is 0 Å². The second kappa shape index (κ2) is 6.46. The van der Waals surface area contributed by atoms with Gasteiger partial charge in [0.15, 0.2) is 0 Å². The van der Waals surface area contributed by atoms with Gasteiger partial charge in [0, 0.05) is 12.6 Å². The van der Waals surface area contributed by atoms with Gasteiger partial charge >= 0.3 is 0 Å². The average Bonchev–Trinajstić information content (AvgIpc) is 2.39. The van der Waals surface area contributed by atoms with E-state index in [1.165, 1.54) is 23.8 Å². The summed E-state index contributed by atoms with van der Waals surface area (Å²) in [6, 6.07) is 8.96. The Morgan fingerprint density at radius 1 is 1.24 bits per heavy atom. The highest BCUT2D eigenvalue weighted by molar-refractivity contribution is 7.88. The van der Waals surface area contributed by atoms with Gasteiger partial charge in [-0.1, -0.05) is 38.1 Å². The quantitative estimate of drug-likeness (QED) is 0.792. The van der Waals surface area contributed by atoms with Crippen molar-refractivity contribution in [1.82, 2.24) is 10.0 Å². The van der Waals surface area contributed by atoms with Crippen molar-refractivity contribution in [2.45, 2.75) is 39.2 Å². The molecule has 0 radical (unpaired) electrons. The van der Waals surface area contributed by atoms with E-state index < -0.39 is 10.0 Å². The first-order valence-corrected chi connectivity index (χ1v) is 9.44. The first-order chi connectivity index (χ1) is 9.80. The smallest absolute Gasteiger partial charge is 0.208 e. The lowest BCUT2D eigenvalue weighted by Gasteiger charge is -2.40. The molecule has 0 saturated heterocycles. The molecule has 1 aliphatic carbocycles. The van der Waals surface area contributed by atoms with Gasteiger partial charge in [-0.15, -0.1) is 0 Å². The van der Waals surface area contributed by atoms with Crippen molar-refractivity contribution in [3.05, 3.63) is 35.4 Å². The van der Waals surface area contributed by atoms with Gasteiger partial charge in [-0.05, 0) is 42.3 Å². The van der Waals surface area contributed by atoms with Crippen LogP contribution in [0.15, 0.2) is 24.3 Å². The van der Waals surface area contributed by atoms with Gasteiger partial charge in [0.05, 0.1) is 6.26 Å². The molecule has 0 spiro atoms. The fraction of sp³-hybridized carbons (Fsp3) is 0.625. The van der Waals surface area contributed by atoms with E-state index in [9.17, 15) is 8.42 Å². The zero-order valence-electron chi connectivity index (χ0n) is 13.1. The Kier molecular flexibility index (Phi) is 5.07. The Balaban J connectivity index is 1.95. The van der Waals surface area contributed by atoms with Crippen molar-refractivity contribution >= 4 is 10.0 Å². The molecular formula is C16H26N2O2S. The van der Waals surface area contributed by atoms with Crippen LogP contribution in [0.5, 0.6) is 0 Å². The minimum atomic E-state index is -3.08. The topological polar surface area (TPSA) is 58.2 Å². The van der Waals surface area contributed by atoms with Crippen LogP contribution in [0.1, 0.15) is 43.9 Å². The Hall–Kier alpha value is -0.910. The highest BCUT2D eigenvalue weighted by atomic mass is 32.2. The number of hydrogen-bond acceptors (Lipinski definition) is 3. The third-order valence-electron chi connectivity index (χ3n) is 4.25. The predicted octanol–water partition coefficient (Wildman–Crippen LogP) is 2.23. The van der Waals surface area contributed by atoms with Crippen LogP contribution in [-0.2, 0) is 16.4 Å². The summed E-state index contributed by atoms with van der Waals surface area (Å²) in [5, 5.41) is 3.62. The Bertz CT molecular complexity index is 582. The summed E-state index contributed by atoms with van der Waals surface area (Å²) < 4.78 is 24.6. The summed E-state index contributed by atoms with van der Waals surface area (Å²) >= 11 is 0. The van der Waals surface area contributed by atoms with Gasteiger partial charge in [-0.25, -0.2) is 13.1 Å². The van der Waals surface area contributed by atoms with Crippen LogP contribution in [0.2, 0.25) is 0 Å². The maximum atomic E-state index is 11.0. The fourth-order valence-electron chi connectivity index (χ4n) is 3.04. The monoisotopic (exact) mass is 310 g/mol. The van der Waals surface area contributed by atoms with Crippen molar-refractivity contribution in [2.75, 3.05) is 19.3 Å². The molecule has 0 aromatic heterocycles. The molecule has 0 bridgehead atoms. The van der Waals surface area contributed by atoms with E-state index in [2.05, 4.69) is 48.2 Å². The number of nitrogens with one attached hydrogen (secondary N) is 2. The average molecular weight is 310 g/mol. The Morgan fingerprint density at radius 3 is 2.67 bits per heavy atom. The lowest BCUT2D eigenvalue weighted by atomic mass is 9.70. The SMILES string of the molecule is CC1(C)CCc2ccccc2C1NCCCNS(C)(=O)=O. The summed E-state index contributed by atoms with van der Waals surface area (Å²) in [4.78, 5) is 0. The van der Waals surface area contributed by atoms with Crippen molar-refractivity contribution in [3.8, 4) is 0 Å². The molecule has 118 valence electrons. The fourth-order valence-corrected chi connectivity index (χ4v) is 3.56. The molecule has 4 nitrogen and oxygen atoms in total. The number of rotatable bonds is 6. The van der Waals surface area contributed by atoms with Crippen molar-refractivity contribution in [3.63, 3.8) is 0 Å². The van der Waals surface area contributed by atoms with E-state index >= 15 is 0 Å². The predicted molar refractivity (Wildman–Crippen MR) is 86.8 cm³/mol. The molecule has 0 aliphatic heterocycles. The Labute approximate surface area is 128 Å². The maximum Gasteiger partial charge on any atom is 0.208 e. The molecule has 21 heavy (non-hydrogen) atoms. The van der Waals surface area contributed by atoms with Gasteiger partial charge in [-0.2, -0.15) is 0 Å². The molecule has 1 aromatic carbocycles. The van der Waals surface area contributed by atoms with E-state index in [0.717, 1.165) is 19.4 Å². The highest BCUT2D eigenvalue weighted by Crippen LogP contribution is 2.43. The van der Waals surface area contributed by atoms with E-state index in [4.69, 9.17) is 0 Å². The summed E-state index contributed by atoms with van der Waals surface area (Å²) in [7, 11) is -3.08. The number of hydrogen-bond donors (Lipinski definition) is 2. The minimum Gasteiger partial charge on any atom is -0.309 e. The van der Waals surface area contributed by atoms with Crippen LogP contribution in [0, 0.1) is 5.41 Å². The van der Waals surface area contributed by atoms with E-state index in [1.54, 1.807) is 0 Å². The lowest BCUT2D eigenvalue weighted by Crippen LogP contribution is -2.39. The van der Waals surface area contributed by atoms with Crippen molar-refractivity contribution < 1.29 is 8.42 Å². The molecule has 0 saturated carbocycles. The number of fused-ring (bicyclic) bond motifs is 1. The molecule has 0 amide bonds. The van der Waals surface area contributed by atoms with Gasteiger partial charge in [0.1, 0.15) is 0 Å². The van der Waals surface area contributed by atoms with Gasteiger partial charge in [0.2, 0.25) is 10.0 Å². The molecule has 2 rings (SSSR count). The highest BCUT2D eigenvalue weighted by Gasteiger charge is 2.34. The molecule has 5 heteroatoms. The van der Waals surface area contributed by atoms with Crippen LogP contribution < -0.4 is 10.0 Å². The maximum absolute atomic E-state index is 11.0. The molecular weight excluding hydrogens is 284 g/mol. The summed E-state index contributed by atoms with van der Waals surface area (Å²) in [5.41, 5.74) is 3.05. The summed E-state index contributed by atoms with van der Waals surface area (Å²) in [6.45, 7) is 5.90. The second-order valence-electron chi connectivity index (χ2n) is 6.59. The van der Waals surface area contributed by atoms with Crippen LogP contribution in [0.3, 0.4) is 0 Å². The molecule has 1 unspecified atom stereocenters. The van der Waals surface area contributed by atoms with E-state index in [-0.39, 0.29) is 5.41 Å². The number of aryl methyl sites for hydroxylation is 1. The molecule has 1 aliphatic rings. The van der Waals surface area contributed by atoms with Crippen LogP contribution in [0.4, 0.5) is 0 Å². The van der Waals surface area contributed by atoms with Gasteiger partial charge < -0.3 is 5.32 Å². The second-order valence-corrected chi connectivity index (χ2v) is 8.43. The molecule has 2 N–H and O–H groups in total. The van der Waals surface area contributed by atoms with Gasteiger partial charge in [0.25, 0.3) is 0 Å². The number of sulfonamides is 1. The standard InChI is InChI=1S/C16H26N2O2S/c1-16(2)10-9-13-7-4-5-8-14(13)15(16)17-11-6-12-18-21(3,19)20/h4-5,7-8,15,17-18H,6,9-12H2,1-3H3. The Morgan fingerprint density at radius 2 is 1.95 bits per heavy atom. The zero-order valence-corrected chi connectivity index (χ0v) is 14.0. The number of benzene rings is 1. The largest absolute Gasteiger partial charge is 0.309 e. The first kappa shape index (κ1) is 16.5. The third-order valence-corrected chi connectivity index (χ3v) is 4.98. The molecule has 1 aromatic rings. The summed E-state index contributed by atoms with van der Waals surface area (Å²) in [6.07, 6.45) is 4.29.